The number of nitrogens with zero attached hydrogens (tertiary/aromatic N) is 1. The fourth-order valence-corrected chi connectivity index (χ4v) is 3.10. The van der Waals surface area contributed by atoms with E-state index in [0.29, 0.717) is 23.7 Å². The average Bonchev–Trinajstić information content (AvgIpc) is 3.07. The molecule has 1 unspecified atom stereocenters. The minimum atomic E-state index is -0.471. The Morgan fingerprint density at radius 2 is 1.96 bits per heavy atom. The van der Waals surface area contributed by atoms with E-state index in [1.165, 1.54) is 17.0 Å². The minimum absolute atomic E-state index is 0.105. The molecule has 2 amide bonds. The van der Waals surface area contributed by atoms with E-state index in [1.54, 1.807) is 38.5 Å². The van der Waals surface area contributed by atoms with Crippen LogP contribution >= 0.6 is 0 Å². The number of amides is 2. The Bertz CT molecular complexity index is 856. The second-order valence-corrected chi connectivity index (χ2v) is 6.29. The fourth-order valence-electron chi connectivity index (χ4n) is 3.10. The van der Waals surface area contributed by atoms with Crippen molar-refractivity contribution in [2.24, 2.45) is 5.92 Å². The fraction of sp³-hybridized carbons (Fsp3) is 0.300. The van der Waals surface area contributed by atoms with E-state index < -0.39 is 11.7 Å². The topological polar surface area (TPSA) is 67.9 Å². The summed E-state index contributed by atoms with van der Waals surface area (Å²) >= 11 is 0. The van der Waals surface area contributed by atoms with E-state index in [-0.39, 0.29) is 24.8 Å². The second kappa shape index (κ2) is 8.07. The van der Waals surface area contributed by atoms with Crippen LogP contribution in [0.1, 0.15) is 12.0 Å². The van der Waals surface area contributed by atoms with Crippen molar-refractivity contribution in [3.8, 4) is 11.5 Å². The zero-order valence-electron chi connectivity index (χ0n) is 15.2. The Hall–Kier alpha value is -3.09. The molecule has 2 aromatic rings. The van der Waals surface area contributed by atoms with E-state index in [9.17, 15) is 14.0 Å². The van der Waals surface area contributed by atoms with Gasteiger partial charge in [-0.15, -0.1) is 0 Å². The van der Waals surface area contributed by atoms with E-state index in [2.05, 4.69) is 5.32 Å². The highest BCUT2D eigenvalue weighted by Gasteiger charge is 2.35. The lowest BCUT2D eigenvalue weighted by atomic mass is 10.1. The first-order valence-corrected chi connectivity index (χ1v) is 8.56. The predicted octanol–water partition coefficient (Wildman–Crippen LogP) is 2.51. The van der Waals surface area contributed by atoms with Crippen molar-refractivity contribution in [2.45, 2.75) is 13.0 Å². The van der Waals surface area contributed by atoms with Crippen LogP contribution < -0.4 is 19.7 Å². The van der Waals surface area contributed by atoms with Gasteiger partial charge in [-0.05, 0) is 35.9 Å². The quantitative estimate of drug-likeness (QED) is 0.846. The molecule has 0 aliphatic carbocycles. The maximum absolute atomic E-state index is 13.4. The number of methoxy groups -OCH3 is 2. The summed E-state index contributed by atoms with van der Waals surface area (Å²) in [6.07, 6.45) is 0.105. The zero-order valence-corrected chi connectivity index (χ0v) is 15.2. The number of carbonyl (C=O) groups excluding carboxylic acids is 2. The molecular formula is C20H21FN2O4. The first-order chi connectivity index (χ1) is 13.0. The molecule has 1 saturated heterocycles. The highest BCUT2D eigenvalue weighted by molar-refractivity contribution is 6.00. The SMILES string of the molecule is COc1ccc(CNC(=O)C2CC(=O)N(c3cccc(F)c3)C2)cc1OC. The Balaban J connectivity index is 1.61. The average molecular weight is 372 g/mol. The van der Waals surface area contributed by atoms with Gasteiger partial charge >= 0.3 is 0 Å². The minimum Gasteiger partial charge on any atom is -0.493 e. The van der Waals surface area contributed by atoms with Crippen molar-refractivity contribution in [2.75, 3.05) is 25.7 Å². The van der Waals surface area contributed by atoms with Crippen molar-refractivity contribution in [1.82, 2.24) is 5.32 Å². The molecule has 0 spiro atoms. The van der Waals surface area contributed by atoms with Crippen LogP contribution in [0.2, 0.25) is 0 Å². The van der Waals surface area contributed by atoms with Gasteiger partial charge in [-0.25, -0.2) is 4.39 Å². The third-order valence-electron chi connectivity index (χ3n) is 4.53. The third-order valence-corrected chi connectivity index (χ3v) is 4.53. The molecule has 1 heterocycles. The molecule has 3 rings (SSSR count). The normalized spacial score (nSPS) is 16.3. The van der Waals surface area contributed by atoms with E-state index in [4.69, 9.17) is 9.47 Å². The molecule has 0 aromatic heterocycles. The standard InChI is InChI=1S/C20H21FN2O4/c1-26-17-7-6-13(8-18(17)27-2)11-22-20(25)14-9-19(24)23(12-14)16-5-3-4-15(21)10-16/h3-8,10,14H,9,11-12H2,1-2H3,(H,22,25). The lowest BCUT2D eigenvalue weighted by Crippen LogP contribution is -2.32. The number of carbonyl (C=O) groups is 2. The molecule has 1 aliphatic heterocycles. The molecule has 27 heavy (non-hydrogen) atoms. The number of hydrogen-bond donors (Lipinski definition) is 1. The molecule has 1 N–H and O–H groups in total. The van der Waals surface area contributed by atoms with Crippen molar-refractivity contribution >= 4 is 17.5 Å². The van der Waals surface area contributed by atoms with E-state index in [1.807, 2.05) is 6.07 Å². The number of nitrogens with one attached hydrogen (secondary N) is 1. The van der Waals surface area contributed by atoms with Gasteiger partial charge in [0.15, 0.2) is 11.5 Å². The smallest absolute Gasteiger partial charge is 0.227 e. The van der Waals surface area contributed by atoms with Crippen LogP contribution in [-0.2, 0) is 16.1 Å². The molecule has 1 atom stereocenters. The van der Waals surface area contributed by atoms with Crippen LogP contribution in [0, 0.1) is 11.7 Å². The van der Waals surface area contributed by atoms with Crippen LogP contribution in [0.25, 0.3) is 0 Å². The zero-order chi connectivity index (χ0) is 19.4. The van der Waals surface area contributed by atoms with E-state index >= 15 is 0 Å². The van der Waals surface area contributed by atoms with Gasteiger partial charge in [0.1, 0.15) is 5.82 Å². The second-order valence-electron chi connectivity index (χ2n) is 6.29. The third kappa shape index (κ3) is 4.19. The molecule has 0 bridgehead atoms. The summed E-state index contributed by atoms with van der Waals surface area (Å²) in [4.78, 5) is 26.1. The summed E-state index contributed by atoms with van der Waals surface area (Å²) < 4.78 is 23.8. The Labute approximate surface area is 156 Å². The molecule has 6 nitrogen and oxygen atoms in total. The largest absolute Gasteiger partial charge is 0.493 e. The molecular weight excluding hydrogens is 351 g/mol. The maximum Gasteiger partial charge on any atom is 0.227 e. The van der Waals surface area contributed by atoms with Crippen molar-refractivity contribution in [3.63, 3.8) is 0 Å². The number of ether oxygens (including phenoxy) is 2. The lowest BCUT2D eigenvalue weighted by Gasteiger charge is -2.17. The highest BCUT2D eigenvalue weighted by atomic mass is 19.1. The van der Waals surface area contributed by atoms with Crippen LogP contribution in [0.4, 0.5) is 10.1 Å². The van der Waals surface area contributed by atoms with Gasteiger partial charge in [0.2, 0.25) is 11.8 Å². The monoisotopic (exact) mass is 372 g/mol. The first-order valence-electron chi connectivity index (χ1n) is 8.56. The predicted molar refractivity (Wildman–Crippen MR) is 98.3 cm³/mol. The van der Waals surface area contributed by atoms with E-state index in [0.717, 1.165) is 5.56 Å². The van der Waals surface area contributed by atoms with Crippen molar-refractivity contribution < 1.29 is 23.5 Å². The van der Waals surface area contributed by atoms with Crippen LogP contribution in [0.5, 0.6) is 11.5 Å². The summed E-state index contributed by atoms with van der Waals surface area (Å²) in [5.41, 5.74) is 1.32. The number of halogens is 1. The molecule has 7 heteroatoms. The Kier molecular flexibility index (Phi) is 5.59. The molecule has 1 aliphatic rings. The van der Waals surface area contributed by atoms with Gasteiger partial charge in [0.25, 0.3) is 0 Å². The molecule has 0 radical (unpaired) electrons. The molecule has 2 aromatic carbocycles. The van der Waals surface area contributed by atoms with Crippen molar-refractivity contribution in [3.05, 3.63) is 53.8 Å². The number of rotatable bonds is 6. The summed E-state index contributed by atoms with van der Waals surface area (Å²) in [7, 11) is 3.10. The number of anilines is 1. The maximum atomic E-state index is 13.4. The molecule has 0 saturated carbocycles. The van der Waals surface area contributed by atoms with Gasteiger partial charge in [0, 0.05) is 25.2 Å². The van der Waals surface area contributed by atoms with Crippen LogP contribution in [-0.4, -0.2) is 32.6 Å². The van der Waals surface area contributed by atoms with Gasteiger partial charge < -0.3 is 19.7 Å². The van der Waals surface area contributed by atoms with Gasteiger partial charge in [0.05, 0.1) is 20.1 Å². The summed E-state index contributed by atoms with van der Waals surface area (Å²) in [5.74, 6) is -0.0938. The first kappa shape index (κ1) is 18.7. The molecule has 142 valence electrons. The van der Waals surface area contributed by atoms with Gasteiger partial charge in [-0.3, -0.25) is 9.59 Å². The van der Waals surface area contributed by atoms with Crippen LogP contribution in [0.15, 0.2) is 42.5 Å². The lowest BCUT2D eigenvalue weighted by molar-refractivity contribution is -0.126. The van der Waals surface area contributed by atoms with Gasteiger partial charge in [-0.1, -0.05) is 12.1 Å². The summed E-state index contributed by atoms with van der Waals surface area (Å²) in [6.45, 7) is 0.546. The number of hydrogen-bond acceptors (Lipinski definition) is 4. The Morgan fingerprint density at radius 1 is 1.19 bits per heavy atom. The van der Waals surface area contributed by atoms with Gasteiger partial charge in [-0.2, -0.15) is 0 Å². The Morgan fingerprint density at radius 3 is 2.67 bits per heavy atom. The highest BCUT2D eigenvalue weighted by Crippen LogP contribution is 2.28. The van der Waals surface area contributed by atoms with Crippen LogP contribution in [0.3, 0.4) is 0 Å². The van der Waals surface area contributed by atoms with Crippen molar-refractivity contribution in [1.29, 1.82) is 0 Å². The molecule has 1 fully saturated rings. The summed E-state index contributed by atoms with van der Waals surface area (Å²) in [6, 6.07) is 11.2. The summed E-state index contributed by atoms with van der Waals surface area (Å²) in [5, 5.41) is 2.85. The number of benzene rings is 2.